The molecule has 1 aliphatic carbocycles. The Kier molecular flexibility index (Phi) is 3.46. The van der Waals surface area contributed by atoms with Crippen LogP contribution in [-0.4, -0.2) is 27.1 Å². The first-order valence-corrected chi connectivity index (χ1v) is 7.11. The topological polar surface area (TPSA) is 106 Å². The molecule has 2 aromatic heterocycles. The zero-order chi connectivity index (χ0) is 13.9. The Bertz CT molecular complexity index is 610. The van der Waals surface area contributed by atoms with Crippen molar-refractivity contribution in [3.05, 3.63) is 28.9 Å². The molecule has 1 saturated carbocycles. The standard InChI is InChI=1S/C12H14N6OS/c13-10-9(20-12(17-10)16-7-3-4-7)11(19)14-6-8-2-1-5-15-18-8/h1-2,5,7H,3-4,6,13H2,(H,14,19)(H,16,17). The van der Waals surface area contributed by atoms with Gasteiger partial charge in [-0.15, -0.1) is 0 Å². The minimum atomic E-state index is -0.241. The molecule has 0 bridgehead atoms. The number of hydrogen-bond donors (Lipinski definition) is 3. The first-order chi connectivity index (χ1) is 9.72. The van der Waals surface area contributed by atoms with Gasteiger partial charge in [0.15, 0.2) is 5.13 Å². The van der Waals surface area contributed by atoms with Crippen LogP contribution in [0, 0.1) is 0 Å². The molecule has 104 valence electrons. The van der Waals surface area contributed by atoms with Gasteiger partial charge in [-0.3, -0.25) is 4.79 Å². The lowest BCUT2D eigenvalue weighted by molar-refractivity contribution is 0.0955. The second kappa shape index (κ2) is 5.41. The predicted octanol–water partition coefficient (Wildman–Crippen LogP) is 1.02. The summed E-state index contributed by atoms with van der Waals surface area (Å²) in [7, 11) is 0. The highest BCUT2D eigenvalue weighted by molar-refractivity contribution is 7.18. The Morgan fingerprint density at radius 2 is 2.35 bits per heavy atom. The lowest BCUT2D eigenvalue weighted by Crippen LogP contribution is -2.23. The van der Waals surface area contributed by atoms with Crippen LogP contribution in [0.2, 0.25) is 0 Å². The van der Waals surface area contributed by atoms with E-state index in [1.807, 2.05) is 0 Å². The van der Waals surface area contributed by atoms with Crippen LogP contribution >= 0.6 is 11.3 Å². The fourth-order valence-corrected chi connectivity index (χ4v) is 2.52. The van der Waals surface area contributed by atoms with Gasteiger partial charge in [0.1, 0.15) is 10.7 Å². The SMILES string of the molecule is Nc1nc(NC2CC2)sc1C(=O)NCc1cccnn1. The van der Waals surface area contributed by atoms with E-state index in [9.17, 15) is 4.79 Å². The molecule has 2 heterocycles. The number of amides is 1. The third-order valence-electron chi connectivity index (χ3n) is 2.82. The third kappa shape index (κ3) is 3.02. The van der Waals surface area contributed by atoms with Crippen molar-refractivity contribution < 1.29 is 4.79 Å². The average Bonchev–Trinajstić information content (AvgIpc) is 3.19. The molecular weight excluding hydrogens is 276 g/mol. The molecule has 7 nitrogen and oxygen atoms in total. The Morgan fingerprint density at radius 1 is 1.50 bits per heavy atom. The van der Waals surface area contributed by atoms with E-state index in [2.05, 4.69) is 25.8 Å². The van der Waals surface area contributed by atoms with Crippen LogP contribution < -0.4 is 16.4 Å². The fraction of sp³-hybridized carbons (Fsp3) is 0.333. The predicted molar refractivity (Wildman–Crippen MR) is 76.4 cm³/mol. The van der Waals surface area contributed by atoms with Crippen LogP contribution in [0.15, 0.2) is 18.3 Å². The van der Waals surface area contributed by atoms with Crippen molar-refractivity contribution in [3.8, 4) is 0 Å². The second-order valence-electron chi connectivity index (χ2n) is 4.55. The Morgan fingerprint density at radius 3 is 3.05 bits per heavy atom. The van der Waals surface area contributed by atoms with Gasteiger partial charge >= 0.3 is 0 Å². The molecule has 0 unspecified atom stereocenters. The lowest BCUT2D eigenvalue weighted by atomic mass is 10.3. The number of nitrogens with zero attached hydrogens (tertiary/aromatic N) is 3. The van der Waals surface area contributed by atoms with E-state index >= 15 is 0 Å². The Hall–Kier alpha value is -2.22. The first kappa shape index (κ1) is 12.8. The summed E-state index contributed by atoms with van der Waals surface area (Å²) in [5, 5.41) is 14.3. The van der Waals surface area contributed by atoms with Crippen LogP contribution in [0.1, 0.15) is 28.2 Å². The van der Waals surface area contributed by atoms with E-state index < -0.39 is 0 Å². The van der Waals surface area contributed by atoms with E-state index in [1.54, 1.807) is 18.3 Å². The van der Waals surface area contributed by atoms with Gasteiger partial charge in [0, 0.05) is 12.2 Å². The van der Waals surface area contributed by atoms with Gasteiger partial charge in [-0.25, -0.2) is 4.98 Å². The molecule has 0 saturated heterocycles. The fourth-order valence-electron chi connectivity index (χ4n) is 1.64. The molecule has 1 amide bonds. The number of nitrogen functional groups attached to an aromatic ring is 1. The van der Waals surface area contributed by atoms with E-state index in [0.29, 0.717) is 28.3 Å². The zero-order valence-corrected chi connectivity index (χ0v) is 11.5. The van der Waals surface area contributed by atoms with Gasteiger partial charge < -0.3 is 16.4 Å². The van der Waals surface area contributed by atoms with Crippen molar-refractivity contribution in [1.82, 2.24) is 20.5 Å². The molecule has 0 radical (unpaired) electrons. The highest BCUT2D eigenvalue weighted by Crippen LogP contribution is 2.30. The van der Waals surface area contributed by atoms with Crippen LogP contribution in [0.25, 0.3) is 0 Å². The maximum atomic E-state index is 12.1. The van der Waals surface area contributed by atoms with Crippen molar-refractivity contribution in [2.75, 3.05) is 11.1 Å². The van der Waals surface area contributed by atoms with E-state index in [0.717, 1.165) is 12.8 Å². The summed E-state index contributed by atoms with van der Waals surface area (Å²) in [4.78, 5) is 16.6. The van der Waals surface area contributed by atoms with Crippen molar-refractivity contribution >= 4 is 28.2 Å². The minimum Gasteiger partial charge on any atom is -0.382 e. The van der Waals surface area contributed by atoms with Crippen molar-refractivity contribution in [1.29, 1.82) is 0 Å². The largest absolute Gasteiger partial charge is 0.382 e. The first-order valence-electron chi connectivity index (χ1n) is 6.30. The van der Waals surface area contributed by atoms with Crippen LogP contribution in [0.5, 0.6) is 0 Å². The molecule has 8 heteroatoms. The summed E-state index contributed by atoms with van der Waals surface area (Å²) in [6, 6.07) is 4.05. The van der Waals surface area contributed by atoms with Gasteiger partial charge in [0.2, 0.25) is 0 Å². The number of anilines is 2. The summed E-state index contributed by atoms with van der Waals surface area (Å²) in [6.45, 7) is 0.315. The van der Waals surface area contributed by atoms with E-state index in [1.165, 1.54) is 11.3 Å². The number of thiazole rings is 1. The summed E-state index contributed by atoms with van der Waals surface area (Å²) in [5.41, 5.74) is 6.47. The highest BCUT2D eigenvalue weighted by atomic mass is 32.1. The lowest BCUT2D eigenvalue weighted by Gasteiger charge is -2.02. The van der Waals surface area contributed by atoms with E-state index in [-0.39, 0.29) is 11.7 Å². The summed E-state index contributed by atoms with van der Waals surface area (Å²) < 4.78 is 0. The zero-order valence-electron chi connectivity index (χ0n) is 10.7. The smallest absolute Gasteiger partial charge is 0.265 e. The minimum absolute atomic E-state index is 0.241. The normalized spacial score (nSPS) is 14.0. The van der Waals surface area contributed by atoms with Crippen molar-refractivity contribution in [2.24, 2.45) is 0 Å². The maximum Gasteiger partial charge on any atom is 0.265 e. The summed E-state index contributed by atoms with van der Waals surface area (Å²) in [6.07, 6.45) is 3.88. The monoisotopic (exact) mass is 290 g/mol. The molecule has 0 aliphatic heterocycles. The van der Waals surface area contributed by atoms with Gasteiger partial charge in [-0.05, 0) is 25.0 Å². The average molecular weight is 290 g/mol. The number of rotatable bonds is 5. The molecule has 0 atom stereocenters. The molecule has 1 aliphatic rings. The van der Waals surface area contributed by atoms with Crippen LogP contribution in [0.3, 0.4) is 0 Å². The number of hydrogen-bond acceptors (Lipinski definition) is 7. The molecule has 1 fully saturated rings. The Labute approximate surface area is 119 Å². The molecular formula is C12H14N6OS. The third-order valence-corrected chi connectivity index (χ3v) is 3.82. The van der Waals surface area contributed by atoms with Gasteiger partial charge in [0.25, 0.3) is 5.91 Å². The van der Waals surface area contributed by atoms with Crippen molar-refractivity contribution in [3.63, 3.8) is 0 Å². The number of nitrogens with one attached hydrogen (secondary N) is 2. The number of carbonyl (C=O) groups excluding carboxylic acids is 1. The molecule has 0 aromatic carbocycles. The maximum absolute atomic E-state index is 12.1. The summed E-state index contributed by atoms with van der Waals surface area (Å²) in [5.74, 6) is 0.0179. The highest BCUT2D eigenvalue weighted by Gasteiger charge is 2.24. The summed E-state index contributed by atoms with van der Waals surface area (Å²) >= 11 is 1.28. The van der Waals surface area contributed by atoms with Gasteiger partial charge in [-0.1, -0.05) is 11.3 Å². The molecule has 20 heavy (non-hydrogen) atoms. The van der Waals surface area contributed by atoms with Crippen LogP contribution in [0.4, 0.5) is 10.9 Å². The molecule has 4 N–H and O–H groups in total. The number of aromatic nitrogens is 3. The van der Waals surface area contributed by atoms with Crippen molar-refractivity contribution in [2.45, 2.75) is 25.4 Å². The van der Waals surface area contributed by atoms with Gasteiger partial charge in [0.05, 0.1) is 12.2 Å². The van der Waals surface area contributed by atoms with Crippen LogP contribution in [-0.2, 0) is 6.54 Å². The molecule has 2 aromatic rings. The Balaban J connectivity index is 1.62. The molecule has 3 rings (SSSR count). The second-order valence-corrected chi connectivity index (χ2v) is 5.55. The number of nitrogens with two attached hydrogens (primary N) is 1. The quantitative estimate of drug-likeness (QED) is 0.759. The number of carbonyl (C=O) groups is 1. The van der Waals surface area contributed by atoms with Gasteiger partial charge in [-0.2, -0.15) is 10.2 Å². The van der Waals surface area contributed by atoms with E-state index in [4.69, 9.17) is 5.73 Å². The molecule has 0 spiro atoms.